The van der Waals surface area contributed by atoms with Gasteiger partial charge in [0.05, 0.1) is 12.7 Å². The number of aromatic hydroxyl groups is 3. The third kappa shape index (κ3) is 7.63. The highest BCUT2D eigenvalue weighted by molar-refractivity contribution is 6.00. The summed E-state index contributed by atoms with van der Waals surface area (Å²) in [7, 11) is 1.58. The van der Waals surface area contributed by atoms with Crippen LogP contribution in [0.3, 0.4) is 0 Å². The van der Waals surface area contributed by atoms with Gasteiger partial charge in [-0.25, -0.2) is 4.79 Å². The van der Waals surface area contributed by atoms with Crippen molar-refractivity contribution in [2.24, 2.45) is 0 Å². The van der Waals surface area contributed by atoms with Gasteiger partial charge in [0.1, 0.15) is 29.4 Å². The van der Waals surface area contributed by atoms with E-state index in [2.05, 4.69) is 0 Å². The van der Waals surface area contributed by atoms with Crippen LogP contribution in [0.25, 0.3) is 11.0 Å². The highest BCUT2D eigenvalue weighted by Gasteiger charge is 2.12. The molecule has 37 heavy (non-hydrogen) atoms. The summed E-state index contributed by atoms with van der Waals surface area (Å²) in [6.45, 7) is 4.28. The number of phenols is 3. The number of methoxy groups -OCH3 is 1. The van der Waals surface area contributed by atoms with Gasteiger partial charge in [-0.2, -0.15) is 0 Å². The summed E-state index contributed by atoms with van der Waals surface area (Å²) in [5, 5.41) is 29.2. The van der Waals surface area contributed by atoms with Crippen molar-refractivity contribution < 1.29 is 34.0 Å². The molecule has 3 aromatic carbocycles. The summed E-state index contributed by atoms with van der Waals surface area (Å²) in [6.07, 6.45) is 2.08. The third-order valence-corrected chi connectivity index (χ3v) is 5.24. The van der Waals surface area contributed by atoms with Crippen molar-refractivity contribution in [2.45, 2.75) is 20.3 Å². The van der Waals surface area contributed by atoms with Gasteiger partial charge in [-0.1, -0.05) is 17.7 Å². The Bertz CT molecular complexity index is 1460. The number of hydrogen-bond acceptors (Lipinski definition) is 8. The van der Waals surface area contributed by atoms with Gasteiger partial charge in [0, 0.05) is 30.0 Å². The average molecular weight is 505 g/mol. The molecule has 0 atom stereocenters. The standard InChI is InChI=1S/C15H14O4.C14H14O4/c1-19-12-5-2-10(3-6-12)8-14(17)13-7-4-11(16)9-15(13)18;1-9(2)5-6-17-13-8-12-10(7-11(13)15)3-4-14(16)18-12/h2-7,9,16,18H,8H2,1H3;3-5,7-8,15H,6H2,1-2H3. The second kappa shape index (κ2) is 12.3. The first-order chi connectivity index (χ1) is 17.7. The Balaban J connectivity index is 0.000000206. The summed E-state index contributed by atoms with van der Waals surface area (Å²) in [6, 6.07) is 17.0. The van der Waals surface area contributed by atoms with Gasteiger partial charge in [0.25, 0.3) is 0 Å². The predicted molar refractivity (Wildman–Crippen MR) is 140 cm³/mol. The first-order valence-electron chi connectivity index (χ1n) is 11.4. The van der Waals surface area contributed by atoms with Crippen molar-refractivity contribution in [1.29, 1.82) is 0 Å². The Morgan fingerprint density at radius 3 is 2.30 bits per heavy atom. The van der Waals surface area contributed by atoms with Crippen LogP contribution in [0, 0.1) is 0 Å². The molecule has 1 aromatic heterocycles. The molecule has 4 aromatic rings. The molecule has 3 N–H and O–H groups in total. The van der Waals surface area contributed by atoms with Crippen LogP contribution in [0.4, 0.5) is 0 Å². The predicted octanol–water partition coefficient (Wildman–Crippen LogP) is 5.38. The van der Waals surface area contributed by atoms with Crippen molar-refractivity contribution in [1.82, 2.24) is 0 Å². The Morgan fingerprint density at radius 1 is 0.919 bits per heavy atom. The van der Waals surface area contributed by atoms with E-state index in [0.717, 1.165) is 23.0 Å². The number of allylic oxidation sites excluding steroid dienone is 1. The Morgan fingerprint density at radius 2 is 1.65 bits per heavy atom. The van der Waals surface area contributed by atoms with Crippen molar-refractivity contribution in [2.75, 3.05) is 13.7 Å². The number of rotatable bonds is 7. The van der Waals surface area contributed by atoms with Crippen LogP contribution in [0.2, 0.25) is 0 Å². The molecular weight excluding hydrogens is 476 g/mol. The number of fused-ring (bicyclic) bond motifs is 1. The minimum atomic E-state index is -0.427. The number of ether oxygens (including phenoxy) is 2. The lowest BCUT2D eigenvalue weighted by molar-refractivity contribution is 0.0990. The van der Waals surface area contributed by atoms with Crippen molar-refractivity contribution >= 4 is 16.8 Å². The minimum Gasteiger partial charge on any atom is -0.508 e. The number of carbonyl (C=O) groups is 1. The SMILES string of the molecule is CC(C)=CCOc1cc2oc(=O)ccc2cc1O.COc1ccc(CC(=O)c2ccc(O)cc2O)cc1. The van der Waals surface area contributed by atoms with E-state index in [-0.39, 0.29) is 35.0 Å². The number of ketones is 1. The zero-order valence-corrected chi connectivity index (χ0v) is 20.7. The molecule has 4 rings (SSSR count). The maximum atomic E-state index is 12.0. The second-order valence-corrected chi connectivity index (χ2v) is 8.35. The van der Waals surface area contributed by atoms with Gasteiger partial charge >= 0.3 is 5.63 Å². The normalized spacial score (nSPS) is 10.2. The molecular formula is C29H28O8. The second-order valence-electron chi connectivity index (χ2n) is 8.35. The first-order valence-corrected chi connectivity index (χ1v) is 11.4. The highest BCUT2D eigenvalue weighted by atomic mass is 16.5. The quantitative estimate of drug-likeness (QED) is 0.174. The van der Waals surface area contributed by atoms with Crippen LogP contribution in [-0.2, 0) is 6.42 Å². The van der Waals surface area contributed by atoms with Crippen molar-refractivity contribution in [3.63, 3.8) is 0 Å². The van der Waals surface area contributed by atoms with Gasteiger partial charge in [0.2, 0.25) is 0 Å². The van der Waals surface area contributed by atoms with Crippen LogP contribution in [0.1, 0.15) is 29.8 Å². The number of benzene rings is 3. The van der Waals surface area contributed by atoms with Crippen LogP contribution in [-0.4, -0.2) is 34.8 Å². The molecule has 0 amide bonds. The van der Waals surface area contributed by atoms with Gasteiger partial charge in [-0.15, -0.1) is 0 Å². The maximum Gasteiger partial charge on any atom is 0.336 e. The fraction of sp³-hybridized carbons (Fsp3) is 0.172. The molecule has 0 saturated carbocycles. The summed E-state index contributed by atoms with van der Waals surface area (Å²) in [5.74, 6) is 0.566. The molecule has 0 saturated heterocycles. The first kappa shape index (κ1) is 26.9. The van der Waals surface area contributed by atoms with E-state index < -0.39 is 5.63 Å². The zero-order chi connectivity index (χ0) is 26.9. The van der Waals surface area contributed by atoms with E-state index >= 15 is 0 Å². The molecule has 0 unspecified atom stereocenters. The largest absolute Gasteiger partial charge is 0.508 e. The van der Waals surface area contributed by atoms with E-state index in [1.54, 1.807) is 37.4 Å². The third-order valence-electron chi connectivity index (χ3n) is 5.24. The average Bonchev–Trinajstić information content (AvgIpc) is 2.85. The van der Waals surface area contributed by atoms with Crippen molar-refractivity contribution in [3.8, 4) is 28.7 Å². The summed E-state index contributed by atoms with van der Waals surface area (Å²) in [4.78, 5) is 23.1. The van der Waals surface area contributed by atoms with E-state index in [0.29, 0.717) is 23.3 Å². The smallest absolute Gasteiger partial charge is 0.336 e. The molecule has 0 fully saturated rings. The monoisotopic (exact) mass is 504 g/mol. The Labute approximate surface area is 213 Å². The lowest BCUT2D eigenvalue weighted by Crippen LogP contribution is -2.03. The van der Waals surface area contributed by atoms with Gasteiger partial charge in [0.15, 0.2) is 17.3 Å². The molecule has 1 heterocycles. The van der Waals surface area contributed by atoms with E-state index in [1.807, 2.05) is 19.9 Å². The summed E-state index contributed by atoms with van der Waals surface area (Å²) in [5.41, 5.74) is 2.13. The van der Waals surface area contributed by atoms with Crippen LogP contribution in [0.5, 0.6) is 28.7 Å². The summed E-state index contributed by atoms with van der Waals surface area (Å²) >= 11 is 0. The zero-order valence-electron chi connectivity index (χ0n) is 20.7. The molecule has 0 aliphatic rings. The lowest BCUT2D eigenvalue weighted by atomic mass is 10.0. The maximum absolute atomic E-state index is 12.0. The Kier molecular flexibility index (Phi) is 8.94. The summed E-state index contributed by atoms with van der Waals surface area (Å²) < 4.78 is 15.5. The van der Waals surface area contributed by atoms with Crippen LogP contribution >= 0.6 is 0 Å². The van der Waals surface area contributed by atoms with Crippen LogP contribution in [0.15, 0.2) is 87.6 Å². The number of phenolic OH excluding ortho intramolecular Hbond substituents is 3. The van der Waals surface area contributed by atoms with Crippen LogP contribution < -0.4 is 15.1 Å². The molecule has 0 radical (unpaired) electrons. The van der Waals surface area contributed by atoms with E-state index in [4.69, 9.17) is 13.9 Å². The molecule has 8 nitrogen and oxygen atoms in total. The highest BCUT2D eigenvalue weighted by Crippen LogP contribution is 2.31. The number of carbonyl (C=O) groups excluding carboxylic acids is 1. The molecule has 192 valence electrons. The Hall–Kier alpha value is -4.72. The van der Waals surface area contributed by atoms with E-state index in [1.165, 1.54) is 30.3 Å². The van der Waals surface area contributed by atoms with Gasteiger partial charge in [-0.3, -0.25) is 4.79 Å². The number of hydrogen-bond donors (Lipinski definition) is 3. The van der Waals surface area contributed by atoms with Crippen molar-refractivity contribution in [3.05, 3.63) is 99.9 Å². The molecule has 0 spiro atoms. The van der Waals surface area contributed by atoms with E-state index in [9.17, 15) is 24.9 Å². The van der Waals surface area contributed by atoms with Gasteiger partial charge < -0.3 is 29.2 Å². The fourth-order valence-corrected chi connectivity index (χ4v) is 3.28. The number of Topliss-reactive ketones (excluding diaryl/α,β-unsaturated/α-hetero) is 1. The molecule has 0 bridgehead atoms. The molecule has 8 heteroatoms. The molecule has 0 aliphatic heterocycles. The molecule has 0 aliphatic carbocycles. The lowest BCUT2D eigenvalue weighted by Gasteiger charge is -2.07. The topological polar surface area (TPSA) is 126 Å². The van der Waals surface area contributed by atoms with Gasteiger partial charge in [-0.05, 0) is 61.9 Å². The minimum absolute atomic E-state index is 0.0264. The fourth-order valence-electron chi connectivity index (χ4n) is 3.28.